The van der Waals surface area contributed by atoms with Gasteiger partial charge in [-0.15, -0.1) is 0 Å². The van der Waals surface area contributed by atoms with Crippen LogP contribution in [0, 0.1) is 6.92 Å². The Hall–Kier alpha value is -1.90. The first-order chi connectivity index (χ1) is 8.61. The first kappa shape index (κ1) is 12.6. The summed E-state index contributed by atoms with van der Waals surface area (Å²) in [5, 5.41) is 3.04. The van der Waals surface area contributed by atoms with Crippen molar-refractivity contribution in [3.05, 3.63) is 41.7 Å². The van der Waals surface area contributed by atoms with E-state index in [9.17, 15) is 0 Å². The van der Waals surface area contributed by atoms with Crippen LogP contribution in [0.2, 0.25) is 0 Å². The minimum absolute atomic E-state index is 0.523. The van der Waals surface area contributed by atoms with Gasteiger partial charge in [0.1, 0.15) is 12.1 Å². The highest BCUT2D eigenvalue weighted by molar-refractivity contribution is 5.66. The Bertz CT molecular complexity index is 547. The third-order valence-corrected chi connectivity index (χ3v) is 3.13. The standard InChI is InChI=1S/C15H19N3/c1-10(2)12-6-5-11(3)13(7-12)14-8-15(16-4)18-9-17-14/h5-10H,1-4H3,(H,16,17,18). The molecule has 94 valence electrons. The van der Waals surface area contributed by atoms with Crippen molar-refractivity contribution in [3.8, 4) is 11.3 Å². The second-order valence-corrected chi connectivity index (χ2v) is 4.77. The monoisotopic (exact) mass is 241 g/mol. The summed E-state index contributed by atoms with van der Waals surface area (Å²) in [6, 6.07) is 8.55. The lowest BCUT2D eigenvalue weighted by molar-refractivity contribution is 0.866. The van der Waals surface area contributed by atoms with Crippen molar-refractivity contribution in [3.63, 3.8) is 0 Å². The molecule has 18 heavy (non-hydrogen) atoms. The fourth-order valence-electron chi connectivity index (χ4n) is 1.92. The van der Waals surface area contributed by atoms with Crippen LogP contribution in [0.3, 0.4) is 0 Å². The Kier molecular flexibility index (Phi) is 3.60. The molecule has 0 unspecified atom stereocenters. The van der Waals surface area contributed by atoms with Crippen molar-refractivity contribution in [1.82, 2.24) is 9.97 Å². The molecule has 0 saturated carbocycles. The van der Waals surface area contributed by atoms with E-state index in [0.717, 1.165) is 11.5 Å². The summed E-state index contributed by atoms with van der Waals surface area (Å²) in [4.78, 5) is 8.52. The molecule has 0 spiro atoms. The second kappa shape index (κ2) is 5.17. The lowest BCUT2D eigenvalue weighted by atomic mass is 9.96. The zero-order chi connectivity index (χ0) is 13.1. The summed E-state index contributed by atoms with van der Waals surface area (Å²) in [6.07, 6.45) is 1.60. The predicted octanol–water partition coefficient (Wildman–Crippen LogP) is 3.62. The molecule has 0 aliphatic heterocycles. The van der Waals surface area contributed by atoms with Gasteiger partial charge in [0.2, 0.25) is 0 Å². The van der Waals surface area contributed by atoms with Crippen LogP contribution in [-0.2, 0) is 0 Å². The van der Waals surface area contributed by atoms with E-state index in [1.54, 1.807) is 6.33 Å². The van der Waals surface area contributed by atoms with Crippen LogP contribution in [0.1, 0.15) is 30.9 Å². The van der Waals surface area contributed by atoms with Crippen molar-refractivity contribution >= 4 is 5.82 Å². The third kappa shape index (κ3) is 2.50. The van der Waals surface area contributed by atoms with Gasteiger partial charge in [-0.2, -0.15) is 0 Å². The van der Waals surface area contributed by atoms with E-state index in [4.69, 9.17) is 0 Å². The van der Waals surface area contributed by atoms with E-state index in [1.165, 1.54) is 16.7 Å². The van der Waals surface area contributed by atoms with Crippen LogP contribution in [0.25, 0.3) is 11.3 Å². The van der Waals surface area contributed by atoms with Crippen molar-refractivity contribution in [2.24, 2.45) is 0 Å². The van der Waals surface area contributed by atoms with Crippen LogP contribution in [0.5, 0.6) is 0 Å². The fourth-order valence-corrected chi connectivity index (χ4v) is 1.92. The summed E-state index contributed by atoms with van der Waals surface area (Å²) >= 11 is 0. The zero-order valence-corrected chi connectivity index (χ0v) is 11.4. The molecular formula is C15H19N3. The number of nitrogens with zero attached hydrogens (tertiary/aromatic N) is 2. The molecule has 1 N–H and O–H groups in total. The zero-order valence-electron chi connectivity index (χ0n) is 11.4. The van der Waals surface area contributed by atoms with Gasteiger partial charge in [0.15, 0.2) is 0 Å². The molecule has 3 nitrogen and oxygen atoms in total. The first-order valence-electron chi connectivity index (χ1n) is 6.22. The summed E-state index contributed by atoms with van der Waals surface area (Å²) in [5.41, 5.74) is 4.72. The van der Waals surface area contributed by atoms with E-state index < -0.39 is 0 Å². The summed E-state index contributed by atoms with van der Waals surface area (Å²) in [5.74, 6) is 1.37. The topological polar surface area (TPSA) is 37.8 Å². The van der Waals surface area contributed by atoms with Gasteiger partial charge in [-0.25, -0.2) is 9.97 Å². The SMILES string of the molecule is CNc1cc(-c2cc(C(C)C)ccc2C)ncn1. The van der Waals surface area contributed by atoms with Crippen LogP contribution in [0.15, 0.2) is 30.6 Å². The molecule has 0 radical (unpaired) electrons. The molecule has 0 aliphatic carbocycles. The average molecular weight is 241 g/mol. The van der Waals surface area contributed by atoms with Gasteiger partial charge >= 0.3 is 0 Å². The molecular weight excluding hydrogens is 222 g/mol. The van der Waals surface area contributed by atoms with Crippen LogP contribution >= 0.6 is 0 Å². The minimum Gasteiger partial charge on any atom is -0.373 e. The Morgan fingerprint density at radius 1 is 1.11 bits per heavy atom. The fraction of sp³-hybridized carbons (Fsp3) is 0.333. The minimum atomic E-state index is 0.523. The Morgan fingerprint density at radius 2 is 1.89 bits per heavy atom. The molecule has 0 saturated heterocycles. The van der Waals surface area contributed by atoms with Crippen molar-refractivity contribution in [2.45, 2.75) is 26.7 Å². The molecule has 2 rings (SSSR count). The molecule has 0 bridgehead atoms. The van der Waals surface area contributed by atoms with Gasteiger partial charge in [-0.3, -0.25) is 0 Å². The maximum atomic E-state index is 4.37. The highest BCUT2D eigenvalue weighted by Gasteiger charge is 2.07. The normalized spacial score (nSPS) is 10.7. The van der Waals surface area contributed by atoms with Gasteiger partial charge in [0, 0.05) is 18.7 Å². The number of nitrogens with one attached hydrogen (secondary N) is 1. The number of benzene rings is 1. The number of hydrogen-bond acceptors (Lipinski definition) is 3. The predicted molar refractivity (Wildman–Crippen MR) is 75.8 cm³/mol. The Labute approximate surface area is 108 Å². The highest BCUT2D eigenvalue weighted by atomic mass is 15.0. The maximum Gasteiger partial charge on any atom is 0.129 e. The number of rotatable bonds is 3. The number of aryl methyl sites for hydroxylation is 1. The van der Waals surface area contributed by atoms with Crippen molar-refractivity contribution in [1.29, 1.82) is 0 Å². The second-order valence-electron chi connectivity index (χ2n) is 4.77. The van der Waals surface area contributed by atoms with E-state index in [1.807, 2.05) is 13.1 Å². The largest absolute Gasteiger partial charge is 0.373 e. The van der Waals surface area contributed by atoms with Gasteiger partial charge in [-0.1, -0.05) is 26.0 Å². The maximum absolute atomic E-state index is 4.37. The lowest BCUT2D eigenvalue weighted by Gasteiger charge is -2.11. The van der Waals surface area contributed by atoms with Gasteiger partial charge < -0.3 is 5.32 Å². The van der Waals surface area contributed by atoms with E-state index in [0.29, 0.717) is 5.92 Å². The molecule has 0 atom stereocenters. The van der Waals surface area contributed by atoms with Crippen LogP contribution in [-0.4, -0.2) is 17.0 Å². The quantitative estimate of drug-likeness (QED) is 0.892. The lowest BCUT2D eigenvalue weighted by Crippen LogP contribution is -1.96. The van der Waals surface area contributed by atoms with Crippen LogP contribution in [0.4, 0.5) is 5.82 Å². The molecule has 0 aliphatic rings. The molecule has 2 aromatic rings. The Morgan fingerprint density at radius 3 is 2.56 bits per heavy atom. The molecule has 0 amide bonds. The summed E-state index contributed by atoms with van der Waals surface area (Å²) in [6.45, 7) is 6.52. The highest BCUT2D eigenvalue weighted by Crippen LogP contribution is 2.26. The summed E-state index contributed by atoms with van der Waals surface area (Å²) < 4.78 is 0. The number of aromatic nitrogens is 2. The van der Waals surface area contributed by atoms with Crippen LogP contribution < -0.4 is 5.32 Å². The average Bonchev–Trinajstić information content (AvgIpc) is 2.39. The molecule has 1 aromatic carbocycles. The first-order valence-corrected chi connectivity index (χ1v) is 6.22. The van der Waals surface area contributed by atoms with Gasteiger partial charge in [-0.05, 0) is 30.0 Å². The van der Waals surface area contributed by atoms with Gasteiger partial charge in [0.05, 0.1) is 5.69 Å². The number of hydrogen-bond donors (Lipinski definition) is 1. The third-order valence-electron chi connectivity index (χ3n) is 3.13. The van der Waals surface area contributed by atoms with Crippen molar-refractivity contribution in [2.75, 3.05) is 12.4 Å². The van der Waals surface area contributed by atoms with E-state index in [-0.39, 0.29) is 0 Å². The van der Waals surface area contributed by atoms with E-state index in [2.05, 4.69) is 54.3 Å². The molecule has 1 heterocycles. The smallest absolute Gasteiger partial charge is 0.129 e. The molecule has 3 heteroatoms. The molecule has 0 fully saturated rings. The molecule has 1 aromatic heterocycles. The van der Waals surface area contributed by atoms with Gasteiger partial charge in [0.25, 0.3) is 0 Å². The Balaban J connectivity index is 2.51. The van der Waals surface area contributed by atoms with Crippen molar-refractivity contribution < 1.29 is 0 Å². The summed E-state index contributed by atoms with van der Waals surface area (Å²) in [7, 11) is 1.86. The van der Waals surface area contributed by atoms with E-state index >= 15 is 0 Å². The number of anilines is 1.